The predicted octanol–water partition coefficient (Wildman–Crippen LogP) is 4.20. The van der Waals surface area contributed by atoms with Gasteiger partial charge >= 0.3 is 0 Å². The number of ether oxygens (including phenoxy) is 1. The van der Waals surface area contributed by atoms with Crippen molar-refractivity contribution in [2.45, 2.75) is 13.0 Å². The molecule has 0 amide bonds. The van der Waals surface area contributed by atoms with Gasteiger partial charge in [0.2, 0.25) is 0 Å². The highest BCUT2D eigenvalue weighted by atomic mass is 35.5. The van der Waals surface area contributed by atoms with Crippen LogP contribution in [0.5, 0.6) is 11.5 Å². The van der Waals surface area contributed by atoms with Crippen LogP contribution in [0.2, 0.25) is 10.0 Å². The van der Waals surface area contributed by atoms with Crippen molar-refractivity contribution in [1.82, 2.24) is 4.98 Å². The van der Waals surface area contributed by atoms with Crippen LogP contribution in [0.1, 0.15) is 18.7 Å². The summed E-state index contributed by atoms with van der Waals surface area (Å²) in [5, 5.41) is 0.948. The van der Waals surface area contributed by atoms with Crippen LogP contribution in [0.3, 0.4) is 0 Å². The Labute approximate surface area is 115 Å². The lowest BCUT2D eigenvalue weighted by molar-refractivity contribution is 0.479. The topological polar surface area (TPSA) is 48.1 Å². The molecule has 0 radical (unpaired) electrons. The van der Waals surface area contributed by atoms with E-state index in [2.05, 4.69) is 4.98 Å². The standard InChI is InChI=1S/C13H12Cl2N2O/c1-8(16)13-5-3-10(7-17-13)18-9-2-4-11(14)12(15)6-9/h2-8H,16H2,1H3/t8-/m1/s1. The number of hydrogen-bond acceptors (Lipinski definition) is 3. The van der Waals surface area contributed by atoms with Crippen molar-refractivity contribution in [2.24, 2.45) is 5.73 Å². The molecule has 0 bridgehead atoms. The molecule has 0 unspecified atom stereocenters. The molecule has 0 fully saturated rings. The SMILES string of the molecule is C[C@@H](N)c1ccc(Oc2ccc(Cl)c(Cl)c2)cn1. The fourth-order valence-electron chi connectivity index (χ4n) is 1.40. The monoisotopic (exact) mass is 282 g/mol. The Morgan fingerprint density at radius 3 is 2.39 bits per heavy atom. The van der Waals surface area contributed by atoms with E-state index >= 15 is 0 Å². The second-order valence-electron chi connectivity index (χ2n) is 3.89. The van der Waals surface area contributed by atoms with Crippen LogP contribution < -0.4 is 10.5 Å². The number of rotatable bonds is 3. The summed E-state index contributed by atoms with van der Waals surface area (Å²) in [6.45, 7) is 1.88. The molecule has 1 aromatic carbocycles. The summed E-state index contributed by atoms with van der Waals surface area (Å²) in [6.07, 6.45) is 1.63. The molecule has 0 aliphatic carbocycles. The van der Waals surface area contributed by atoms with Gasteiger partial charge in [0.15, 0.2) is 0 Å². The zero-order valence-electron chi connectivity index (χ0n) is 9.73. The molecule has 0 saturated carbocycles. The molecule has 2 N–H and O–H groups in total. The Morgan fingerprint density at radius 2 is 1.83 bits per heavy atom. The van der Waals surface area contributed by atoms with Gasteiger partial charge in [0.25, 0.3) is 0 Å². The highest BCUT2D eigenvalue weighted by molar-refractivity contribution is 6.42. The molecule has 0 aliphatic rings. The molecule has 94 valence electrons. The number of aromatic nitrogens is 1. The lowest BCUT2D eigenvalue weighted by Gasteiger charge is -2.08. The molecular formula is C13H12Cl2N2O. The minimum atomic E-state index is -0.0935. The van der Waals surface area contributed by atoms with Gasteiger partial charge in [-0.2, -0.15) is 0 Å². The van der Waals surface area contributed by atoms with E-state index in [1.54, 1.807) is 24.4 Å². The first-order chi connectivity index (χ1) is 8.56. The first-order valence-corrected chi connectivity index (χ1v) is 6.16. The van der Waals surface area contributed by atoms with Gasteiger partial charge in [-0.25, -0.2) is 0 Å². The molecule has 2 rings (SSSR count). The van der Waals surface area contributed by atoms with Gasteiger partial charge in [0.05, 0.1) is 21.9 Å². The molecule has 1 heterocycles. The average Bonchev–Trinajstić information content (AvgIpc) is 2.34. The van der Waals surface area contributed by atoms with E-state index < -0.39 is 0 Å². The maximum Gasteiger partial charge on any atom is 0.145 e. The Balaban J connectivity index is 2.15. The van der Waals surface area contributed by atoms with Crippen molar-refractivity contribution in [3.8, 4) is 11.5 Å². The van der Waals surface area contributed by atoms with Crippen molar-refractivity contribution >= 4 is 23.2 Å². The third-order valence-electron chi connectivity index (χ3n) is 2.35. The third kappa shape index (κ3) is 3.13. The largest absolute Gasteiger partial charge is 0.456 e. The van der Waals surface area contributed by atoms with Gasteiger partial charge in [-0.05, 0) is 31.2 Å². The van der Waals surface area contributed by atoms with Crippen LogP contribution in [0.15, 0.2) is 36.5 Å². The summed E-state index contributed by atoms with van der Waals surface area (Å²) in [6, 6.07) is 8.63. The highest BCUT2D eigenvalue weighted by Crippen LogP contribution is 2.29. The lowest BCUT2D eigenvalue weighted by atomic mass is 10.2. The summed E-state index contributed by atoms with van der Waals surface area (Å²) >= 11 is 11.7. The summed E-state index contributed by atoms with van der Waals surface area (Å²) in [5.41, 5.74) is 6.53. The first kappa shape index (κ1) is 13.1. The summed E-state index contributed by atoms with van der Waals surface area (Å²) in [7, 11) is 0. The van der Waals surface area contributed by atoms with Gasteiger partial charge in [0.1, 0.15) is 11.5 Å². The first-order valence-electron chi connectivity index (χ1n) is 5.40. The van der Waals surface area contributed by atoms with E-state index in [4.69, 9.17) is 33.7 Å². The summed E-state index contributed by atoms with van der Waals surface area (Å²) in [5.74, 6) is 1.23. The second kappa shape index (κ2) is 5.57. The zero-order valence-corrected chi connectivity index (χ0v) is 11.2. The van der Waals surface area contributed by atoms with Crippen LogP contribution in [0.25, 0.3) is 0 Å². The molecule has 0 saturated heterocycles. The van der Waals surface area contributed by atoms with Crippen LogP contribution in [0.4, 0.5) is 0 Å². The van der Waals surface area contributed by atoms with Crippen molar-refractivity contribution in [2.75, 3.05) is 0 Å². The van der Waals surface area contributed by atoms with Crippen LogP contribution in [-0.4, -0.2) is 4.98 Å². The van der Waals surface area contributed by atoms with Crippen molar-refractivity contribution in [3.05, 3.63) is 52.3 Å². The van der Waals surface area contributed by atoms with E-state index in [1.165, 1.54) is 0 Å². The van der Waals surface area contributed by atoms with E-state index in [0.29, 0.717) is 21.5 Å². The van der Waals surface area contributed by atoms with E-state index in [1.807, 2.05) is 19.1 Å². The molecule has 2 aromatic rings. The highest BCUT2D eigenvalue weighted by Gasteiger charge is 2.04. The number of hydrogen-bond donors (Lipinski definition) is 1. The molecule has 5 heteroatoms. The zero-order chi connectivity index (χ0) is 13.1. The number of pyridine rings is 1. The Kier molecular flexibility index (Phi) is 4.07. The average molecular weight is 283 g/mol. The maximum atomic E-state index is 5.90. The summed E-state index contributed by atoms with van der Waals surface area (Å²) in [4.78, 5) is 4.21. The fourth-order valence-corrected chi connectivity index (χ4v) is 1.69. The number of halogens is 2. The Hall–Kier alpha value is -1.29. The van der Waals surface area contributed by atoms with Crippen molar-refractivity contribution < 1.29 is 4.74 Å². The van der Waals surface area contributed by atoms with Crippen molar-refractivity contribution in [3.63, 3.8) is 0 Å². The minimum Gasteiger partial charge on any atom is -0.456 e. The molecular weight excluding hydrogens is 271 g/mol. The van der Waals surface area contributed by atoms with Gasteiger partial charge in [-0.15, -0.1) is 0 Å². The number of benzene rings is 1. The molecule has 18 heavy (non-hydrogen) atoms. The van der Waals surface area contributed by atoms with Gasteiger partial charge < -0.3 is 10.5 Å². The Morgan fingerprint density at radius 1 is 1.11 bits per heavy atom. The number of nitrogens with zero attached hydrogens (tertiary/aromatic N) is 1. The van der Waals surface area contributed by atoms with E-state index in [-0.39, 0.29) is 6.04 Å². The predicted molar refractivity (Wildman–Crippen MR) is 73.4 cm³/mol. The fraction of sp³-hybridized carbons (Fsp3) is 0.154. The normalized spacial score (nSPS) is 12.2. The van der Waals surface area contributed by atoms with E-state index in [9.17, 15) is 0 Å². The maximum absolute atomic E-state index is 5.90. The molecule has 1 aromatic heterocycles. The Bertz CT molecular complexity index is 541. The molecule has 3 nitrogen and oxygen atoms in total. The minimum absolute atomic E-state index is 0.0935. The van der Waals surface area contributed by atoms with Crippen molar-refractivity contribution in [1.29, 1.82) is 0 Å². The van der Waals surface area contributed by atoms with Gasteiger partial charge in [-0.3, -0.25) is 4.98 Å². The smallest absolute Gasteiger partial charge is 0.145 e. The summed E-state index contributed by atoms with van der Waals surface area (Å²) < 4.78 is 5.60. The van der Waals surface area contributed by atoms with Gasteiger partial charge in [0, 0.05) is 12.1 Å². The molecule has 0 aliphatic heterocycles. The third-order valence-corrected chi connectivity index (χ3v) is 3.09. The van der Waals surface area contributed by atoms with Crippen LogP contribution in [-0.2, 0) is 0 Å². The van der Waals surface area contributed by atoms with Crippen LogP contribution in [0, 0.1) is 0 Å². The molecule has 0 spiro atoms. The molecule has 1 atom stereocenters. The van der Waals surface area contributed by atoms with Gasteiger partial charge in [-0.1, -0.05) is 23.2 Å². The second-order valence-corrected chi connectivity index (χ2v) is 4.70. The van der Waals surface area contributed by atoms with E-state index in [0.717, 1.165) is 5.69 Å². The number of nitrogens with two attached hydrogens (primary N) is 1. The quantitative estimate of drug-likeness (QED) is 0.918. The van der Waals surface area contributed by atoms with Crippen LogP contribution >= 0.6 is 23.2 Å². The lowest BCUT2D eigenvalue weighted by Crippen LogP contribution is -2.06.